The van der Waals surface area contributed by atoms with E-state index in [2.05, 4.69) is 0 Å². The maximum atomic E-state index is 11.1. The van der Waals surface area contributed by atoms with E-state index >= 15 is 0 Å². The predicted octanol–water partition coefficient (Wildman–Crippen LogP) is 2.99. The molecule has 1 rings (SSSR count). The molecule has 0 aliphatic rings. The van der Waals surface area contributed by atoms with Crippen molar-refractivity contribution in [1.29, 1.82) is 0 Å². The number of nitrogens with two attached hydrogens (primary N) is 1. The van der Waals surface area contributed by atoms with Crippen LogP contribution in [-0.2, 0) is 4.79 Å². The van der Waals surface area contributed by atoms with Crippen LogP contribution >= 0.6 is 11.6 Å². The Kier molecular flexibility index (Phi) is 5.44. The van der Waals surface area contributed by atoms with Crippen LogP contribution in [0.4, 0.5) is 0 Å². The van der Waals surface area contributed by atoms with Gasteiger partial charge in [0.2, 0.25) is 0 Å². The lowest BCUT2D eigenvalue weighted by Crippen LogP contribution is -2.27. The molecule has 1 aromatic carbocycles. The maximum Gasteiger partial charge on any atom is 0.344 e. The number of aliphatic carboxylic acids is 1. The normalized spacial score (nSPS) is 14.0. The van der Waals surface area contributed by atoms with Crippen molar-refractivity contribution < 1.29 is 14.6 Å². The highest BCUT2D eigenvalue weighted by molar-refractivity contribution is 6.30. The Balaban J connectivity index is 2.98. The fourth-order valence-electron chi connectivity index (χ4n) is 1.63. The highest BCUT2D eigenvalue weighted by Gasteiger charge is 2.20. The van der Waals surface area contributed by atoms with Gasteiger partial charge in [0.05, 0.1) is 0 Å². The molecule has 1 aromatic rings. The lowest BCUT2D eigenvalue weighted by Gasteiger charge is -2.19. The minimum atomic E-state index is -0.970. The van der Waals surface area contributed by atoms with Gasteiger partial charge < -0.3 is 15.6 Å². The Hall–Kier alpha value is -1.26. The molecule has 0 spiro atoms. The number of rotatable bonds is 6. The minimum Gasteiger partial charge on any atom is -0.479 e. The second-order valence-electron chi connectivity index (χ2n) is 4.20. The third kappa shape index (κ3) is 3.89. The average Bonchev–Trinajstić information content (AvgIpc) is 2.30. The maximum absolute atomic E-state index is 11.1. The molecule has 0 aliphatic heterocycles. The van der Waals surface area contributed by atoms with Crippen molar-refractivity contribution in [3.63, 3.8) is 0 Å². The molecule has 2 atom stereocenters. The number of hydrogen-bond acceptors (Lipinski definition) is 3. The zero-order valence-electron chi connectivity index (χ0n) is 10.5. The molecule has 0 aliphatic carbocycles. The number of hydrogen-bond donors (Lipinski definition) is 2. The third-order valence-electron chi connectivity index (χ3n) is 2.56. The lowest BCUT2D eigenvalue weighted by molar-refractivity contribution is -0.145. The monoisotopic (exact) mass is 271 g/mol. The molecule has 18 heavy (non-hydrogen) atoms. The number of halogens is 1. The Morgan fingerprint density at radius 1 is 1.56 bits per heavy atom. The molecular formula is C13H18ClNO3. The molecule has 0 fully saturated rings. The third-order valence-corrected chi connectivity index (χ3v) is 2.79. The van der Waals surface area contributed by atoms with Gasteiger partial charge in [-0.3, -0.25) is 0 Å². The summed E-state index contributed by atoms with van der Waals surface area (Å²) in [5, 5.41) is 9.62. The zero-order valence-corrected chi connectivity index (χ0v) is 11.3. The molecule has 0 radical (unpaired) electrons. The summed E-state index contributed by atoms with van der Waals surface area (Å²) >= 11 is 5.89. The second kappa shape index (κ2) is 6.61. The first-order chi connectivity index (χ1) is 8.45. The Morgan fingerprint density at radius 2 is 2.22 bits per heavy atom. The van der Waals surface area contributed by atoms with Gasteiger partial charge in [-0.2, -0.15) is 0 Å². The van der Waals surface area contributed by atoms with E-state index in [-0.39, 0.29) is 6.04 Å². The highest BCUT2D eigenvalue weighted by atomic mass is 35.5. The van der Waals surface area contributed by atoms with E-state index in [4.69, 9.17) is 27.2 Å². The van der Waals surface area contributed by atoms with Crippen molar-refractivity contribution in [3.8, 4) is 5.75 Å². The van der Waals surface area contributed by atoms with E-state index in [9.17, 15) is 4.79 Å². The first-order valence-electron chi connectivity index (χ1n) is 5.90. The molecule has 0 saturated carbocycles. The van der Waals surface area contributed by atoms with Crippen LogP contribution in [0.15, 0.2) is 18.2 Å². The summed E-state index contributed by atoms with van der Waals surface area (Å²) in [5.41, 5.74) is 6.54. The summed E-state index contributed by atoms with van der Waals surface area (Å²) in [7, 11) is 0. The molecule has 0 heterocycles. The molecule has 3 N–H and O–H groups in total. The van der Waals surface area contributed by atoms with E-state index in [0.29, 0.717) is 22.8 Å². The van der Waals surface area contributed by atoms with Gasteiger partial charge in [-0.15, -0.1) is 0 Å². The molecule has 0 saturated heterocycles. The van der Waals surface area contributed by atoms with Gasteiger partial charge in [0, 0.05) is 16.6 Å². The molecule has 1 unspecified atom stereocenters. The van der Waals surface area contributed by atoms with Gasteiger partial charge in [-0.25, -0.2) is 4.79 Å². The summed E-state index contributed by atoms with van der Waals surface area (Å²) in [4.78, 5) is 11.1. The topological polar surface area (TPSA) is 72.5 Å². The summed E-state index contributed by atoms with van der Waals surface area (Å²) in [6.45, 7) is 3.71. The first-order valence-corrected chi connectivity index (χ1v) is 6.28. The molecule has 100 valence electrons. The molecule has 0 amide bonds. The van der Waals surface area contributed by atoms with Crippen LogP contribution in [0.2, 0.25) is 5.02 Å². The summed E-state index contributed by atoms with van der Waals surface area (Å²) in [5.74, 6) is -0.488. The summed E-state index contributed by atoms with van der Waals surface area (Å²) < 4.78 is 5.53. The number of benzene rings is 1. The fraction of sp³-hybridized carbons (Fsp3) is 0.462. The predicted molar refractivity (Wildman–Crippen MR) is 71.0 cm³/mol. The number of carboxylic acid groups (broad SMARTS) is 1. The second-order valence-corrected chi connectivity index (χ2v) is 4.64. The molecular weight excluding hydrogens is 254 g/mol. The highest BCUT2D eigenvalue weighted by Crippen LogP contribution is 2.28. The van der Waals surface area contributed by atoms with Crippen LogP contribution in [0.3, 0.4) is 0 Å². The Morgan fingerprint density at radius 3 is 2.72 bits per heavy atom. The van der Waals surface area contributed by atoms with Crippen LogP contribution < -0.4 is 10.5 Å². The summed E-state index contributed by atoms with van der Waals surface area (Å²) in [6.07, 6.45) is 0.336. The van der Waals surface area contributed by atoms with Crippen LogP contribution in [0, 0.1) is 0 Å². The standard InChI is InChI=1S/C13H18ClNO3/c1-3-4-12(13(16)17)18-11-6-5-9(14)7-10(11)8(2)15/h5-8,12H,3-4,15H2,1-2H3,(H,16,17)/t8-,12?/m1/s1. The molecule has 5 heteroatoms. The van der Waals surface area contributed by atoms with Gasteiger partial charge in [-0.05, 0) is 31.5 Å². The zero-order chi connectivity index (χ0) is 13.7. The number of carbonyl (C=O) groups is 1. The van der Waals surface area contributed by atoms with Gasteiger partial charge in [0.25, 0.3) is 0 Å². The van der Waals surface area contributed by atoms with Crippen molar-refractivity contribution in [2.45, 2.75) is 38.8 Å². The smallest absolute Gasteiger partial charge is 0.344 e. The van der Waals surface area contributed by atoms with E-state index in [1.54, 1.807) is 25.1 Å². The molecule has 0 bridgehead atoms. The van der Waals surface area contributed by atoms with E-state index in [1.807, 2.05) is 6.92 Å². The van der Waals surface area contributed by atoms with E-state index in [1.165, 1.54) is 0 Å². The average molecular weight is 272 g/mol. The van der Waals surface area contributed by atoms with Gasteiger partial charge in [-0.1, -0.05) is 24.9 Å². The lowest BCUT2D eigenvalue weighted by atomic mass is 10.1. The van der Waals surface area contributed by atoms with E-state index in [0.717, 1.165) is 6.42 Å². The van der Waals surface area contributed by atoms with Crippen LogP contribution in [0.1, 0.15) is 38.3 Å². The minimum absolute atomic E-state index is 0.269. The van der Waals surface area contributed by atoms with Crippen molar-refractivity contribution in [2.24, 2.45) is 5.73 Å². The van der Waals surface area contributed by atoms with Crippen LogP contribution in [-0.4, -0.2) is 17.2 Å². The quantitative estimate of drug-likeness (QED) is 0.834. The largest absolute Gasteiger partial charge is 0.479 e. The van der Waals surface area contributed by atoms with Gasteiger partial charge >= 0.3 is 5.97 Å². The van der Waals surface area contributed by atoms with Crippen LogP contribution in [0.5, 0.6) is 5.75 Å². The van der Waals surface area contributed by atoms with Gasteiger partial charge in [0.1, 0.15) is 5.75 Å². The van der Waals surface area contributed by atoms with Crippen molar-refractivity contribution >= 4 is 17.6 Å². The van der Waals surface area contributed by atoms with Crippen molar-refractivity contribution in [1.82, 2.24) is 0 Å². The summed E-state index contributed by atoms with van der Waals surface area (Å²) in [6, 6.07) is 4.75. The van der Waals surface area contributed by atoms with Crippen molar-refractivity contribution in [3.05, 3.63) is 28.8 Å². The van der Waals surface area contributed by atoms with Crippen LogP contribution in [0.25, 0.3) is 0 Å². The SMILES string of the molecule is CCCC(Oc1ccc(Cl)cc1[C@@H](C)N)C(=O)O. The van der Waals surface area contributed by atoms with E-state index < -0.39 is 12.1 Å². The fourth-order valence-corrected chi connectivity index (χ4v) is 1.81. The first kappa shape index (κ1) is 14.8. The Bertz CT molecular complexity index is 421. The van der Waals surface area contributed by atoms with Crippen molar-refractivity contribution in [2.75, 3.05) is 0 Å². The molecule has 4 nitrogen and oxygen atoms in total. The Labute approximate surface area is 112 Å². The van der Waals surface area contributed by atoms with Gasteiger partial charge in [0.15, 0.2) is 6.10 Å². The molecule has 0 aromatic heterocycles. The number of ether oxygens (including phenoxy) is 1. The number of carboxylic acids is 1.